The summed E-state index contributed by atoms with van der Waals surface area (Å²) in [7, 11) is 0. The maximum atomic E-state index is 12.6. The van der Waals surface area contributed by atoms with Crippen molar-refractivity contribution in [3.8, 4) is 0 Å². The Balaban J connectivity index is 2.13. The van der Waals surface area contributed by atoms with Gasteiger partial charge < -0.3 is 10.6 Å². The Morgan fingerprint density at radius 2 is 2.14 bits per heavy atom. The van der Waals surface area contributed by atoms with Crippen LogP contribution in [0.15, 0.2) is 29.4 Å². The van der Waals surface area contributed by atoms with E-state index in [-0.39, 0.29) is 11.9 Å². The molecule has 0 saturated heterocycles. The number of rotatable bonds is 2. The first-order valence-corrected chi connectivity index (χ1v) is 4.48. The number of oxime groups is 1. The molecule has 0 amide bonds. The summed E-state index contributed by atoms with van der Waals surface area (Å²) >= 11 is 0. The maximum absolute atomic E-state index is 12.6. The van der Waals surface area contributed by atoms with Crippen molar-refractivity contribution in [3.05, 3.63) is 35.6 Å². The van der Waals surface area contributed by atoms with Gasteiger partial charge >= 0.3 is 0 Å². The van der Waals surface area contributed by atoms with Crippen LogP contribution in [-0.2, 0) is 4.84 Å². The lowest BCUT2D eigenvalue weighted by molar-refractivity contribution is 0.0918. The van der Waals surface area contributed by atoms with Crippen LogP contribution in [0, 0.1) is 5.82 Å². The van der Waals surface area contributed by atoms with Gasteiger partial charge in [0.05, 0.1) is 5.71 Å². The predicted molar refractivity (Wildman–Crippen MR) is 51.5 cm³/mol. The van der Waals surface area contributed by atoms with Crippen molar-refractivity contribution < 1.29 is 9.23 Å². The molecule has 4 heteroatoms. The van der Waals surface area contributed by atoms with Crippen LogP contribution >= 0.6 is 0 Å². The number of nitrogens with zero attached hydrogens (tertiary/aromatic N) is 1. The zero-order valence-electron chi connectivity index (χ0n) is 7.61. The second-order valence-corrected chi connectivity index (χ2v) is 3.21. The minimum absolute atomic E-state index is 0.0324. The quantitative estimate of drug-likeness (QED) is 0.770. The zero-order chi connectivity index (χ0) is 9.97. The van der Waals surface area contributed by atoms with Gasteiger partial charge in [0.2, 0.25) is 0 Å². The molecule has 2 rings (SSSR count). The Bertz CT molecular complexity index is 348. The Hall–Kier alpha value is -1.42. The lowest BCUT2D eigenvalue weighted by atomic mass is 10.1. The van der Waals surface area contributed by atoms with Gasteiger partial charge in [-0.05, 0) is 17.7 Å². The smallest absolute Gasteiger partial charge is 0.145 e. The van der Waals surface area contributed by atoms with E-state index < -0.39 is 0 Å². The van der Waals surface area contributed by atoms with Gasteiger partial charge in [0.15, 0.2) is 0 Å². The van der Waals surface area contributed by atoms with Gasteiger partial charge in [-0.1, -0.05) is 17.3 Å². The van der Waals surface area contributed by atoms with Gasteiger partial charge in [0.25, 0.3) is 0 Å². The molecular formula is C10H11FN2O. The summed E-state index contributed by atoms with van der Waals surface area (Å²) in [6.07, 6.45) is 0.664. The highest BCUT2D eigenvalue weighted by Gasteiger charge is 2.20. The molecule has 0 spiro atoms. The number of benzene rings is 1. The standard InChI is InChI=1S/C10H11FN2O/c11-8-3-1-7(2-4-8)10-5-9(6-12)14-13-10/h1-4,9H,5-6,12H2/t9-/m0/s1. The van der Waals surface area contributed by atoms with Gasteiger partial charge in [-0.15, -0.1) is 0 Å². The third-order valence-electron chi connectivity index (χ3n) is 2.17. The molecule has 2 N–H and O–H groups in total. The van der Waals surface area contributed by atoms with Crippen molar-refractivity contribution in [2.75, 3.05) is 6.54 Å². The topological polar surface area (TPSA) is 47.6 Å². The van der Waals surface area contributed by atoms with Crippen molar-refractivity contribution >= 4 is 5.71 Å². The molecule has 1 atom stereocenters. The molecule has 0 aromatic heterocycles. The van der Waals surface area contributed by atoms with E-state index >= 15 is 0 Å². The molecule has 1 aliphatic heterocycles. The van der Waals surface area contributed by atoms with E-state index in [1.54, 1.807) is 12.1 Å². The van der Waals surface area contributed by atoms with Gasteiger partial charge in [0, 0.05) is 13.0 Å². The summed E-state index contributed by atoms with van der Waals surface area (Å²) in [6, 6.07) is 6.20. The predicted octanol–water partition coefficient (Wildman–Crippen LogP) is 1.28. The maximum Gasteiger partial charge on any atom is 0.145 e. The lowest BCUT2D eigenvalue weighted by Gasteiger charge is -2.02. The highest BCUT2D eigenvalue weighted by molar-refractivity contribution is 6.01. The first-order valence-electron chi connectivity index (χ1n) is 4.48. The van der Waals surface area contributed by atoms with Crippen LogP contribution in [-0.4, -0.2) is 18.4 Å². The fraction of sp³-hybridized carbons (Fsp3) is 0.300. The molecule has 74 valence electrons. The van der Waals surface area contributed by atoms with Crippen LogP contribution < -0.4 is 5.73 Å². The molecular weight excluding hydrogens is 183 g/mol. The summed E-state index contributed by atoms with van der Waals surface area (Å²) in [5, 5.41) is 3.90. The molecule has 14 heavy (non-hydrogen) atoms. The molecule has 3 nitrogen and oxygen atoms in total. The molecule has 0 bridgehead atoms. The van der Waals surface area contributed by atoms with E-state index in [0.29, 0.717) is 13.0 Å². The van der Waals surface area contributed by atoms with Crippen LogP contribution in [0.5, 0.6) is 0 Å². The van der Waals surface area contributed by atoms with Crippen LogP contribution in [0.1, 0.15) is 12.0 Å². The van der Waals surface area contributed by atoms with Crippen molar-refractivity contribution in [1.29, 1.82) is 0 Å². The van der Waals surface area contributed by atoms with Gasteiger partial charge in [-0.25, -0.2) is 4.39 Å². The fourth-order valence-corrected chi connectivity index (χ4v) is 1.37. The van der Waals surface area contributed by atoms with Crippen molar-refractivity contribution in [1.82, 2.24) is 0 Å². The summed E-state index contributed by atoms with van der Waals surface area (Å²) in [4.78, 5) is 5.07. The summed E-state index contributed by atoms with van der Waals surface area (Å²) in [5.74, 6) is -0.247. The van der Waals surface area contributed by atoms with E-state index in [4.69, 9.17) is 10.6 Å². The summed E-state index contributed by atoms with van der Waals surface area (Å²) in [6.45, 7) is 0.453. The highest BCUT2D eigenvalue weighted by atomic mass is 19.1. The Morgan fingerprint density at radius 3 is 2.71 bits per heavy atom. The molecule has 1 aliphatic rings. The summed E-state index contributed by atoms with van der Waals surface area (Å²) in [5.41, 5.74) is 7.16. The highest BCUT2D eigenvalue weighted by Crippen LogP contribution is 2.16. The Kier molecular flexibility index (Phi) is 2.45. The number of hydrogen-bond acceptors (Lipinski definition) is 3. The zero-order valence-corrected chi connectivity index (χ0v) is 7.61. The minimum Gasteiger partial charge on any atom is -0.390 e. The third kappa shape index (κ3) is 1.75. The van der Waals surface area contributed by atoms with Crippen LogP contribution in [0.2, 0.25) is 0 Å². The molecule has 1 heterocycles. The molecule has 1 aromatic rings. The summed E-state index contributed by atoms with van der Waals surface area (Å²) < 4.78 is 12.6. The average molecular weight is 194 g/mol. The monoisotopic (exact) mass is 194 g/mol. The first kappa shape index (κ1) is 9.15. The molecule has 0 aliphatic carbocycles. The molecule has 1 aromatic carbocycles. The number of hydrogen-bond donors (Lipinski definition) is 1. The van der Waals surface area contributed by atoms with E-state index in [1.165, 1.54) is 12.1 Å². The van der Waals surface area contributed by atoms with Crippen LogP contribution in [0.4, 0.5) is 4.39 Å². The van der Waals surface area contributed by atoms with E-state index in [9.17, 15) is 4.39 Å². The lowest BCUT2D eigenvalue weighted by Crippen LogP contribution is -2.20. The second-order valence-electron chi connectivity index (χ2n) is 3.21. The SMILES string of the molecule is NC[C@@H]1CC(c2ccc(F)cc2)=NO1. The largest absolute Gasteiger partial charge is 0.390 e. The Morgan fingerprint density at radius 1 is 1.43 bits per heavy atom. The average Bonchev–Trinajstić information content (AvgIpc) is 2.67. The molecule has 0 saturated carbocycles. The number of halogens is 1. The normalized spacial score (nSPS) is 20.4. The van der Waals surface area contributed by atoms with Crippen LogP contribution in [0.3, 0.4) is 0 Å². The number of nitrogens with two attached hydrogens (primary N) is 1. The van der Waals surface area contributed by atoms with Gasteiger partial charge in [-0.2, -0.15) is 0 Å². The molecule has 0 radical (unpaired) electrons. The molecule has 0 unspecified atom stereocenters. The Labute approximate surface area is 81.4 Å². The fourth-order valence-electron chi connectivity index (χ4n) is 1.37. The van der Waals surface area contributed by atoms with Crippen molar-refractivity contribution in [3.63, 3.8) is 0 Å². The van der Waals surface area contributed by atoms with Crippen molar-refractivity contribution in [2.45, 2.75) is 12.5 Å². The molecule has 0 fully saturated rings. The third-order valence-corrected chi connectivity index (χ3v) is 2.17. The van der Waals surface area contributed by atoms with Gasteiger partial charge in [-0.3, -0.25) is 0 Å². The first-order chi connectivity index (χ1) is 6.79. The van der Waals surface area contributed by atoms with Crippen LogP contribution in [0.25, 0.3) is 0 Å². The van der Waals surface area contributed by atoms with Crippen molar-refractivity contribution in [2.24, 2.45) is 10.9 Å². The minimum atomic E-state index is -0.247. The van der Waals surface area contributed by atoms with E-state index in [1.807, 2.05) is 0 Å². The van der Waals surface area contributed by atoms with Gasteiger partial charge in [0.1, 0.15) is 11.9 Å². The van der Waals surface area contributed by atoms with E-state index in [2.05, 4.69) is 5.16 Å². The second kappa shape index (κ2) is 3.75. The van der Waals surface area contributed by atoms with E-state index in [0.717, 1.165) is 11.3 Å².